The molecule has 0 saturated carbocycles. The van der Waals surface area contributed by atoms with E-state index in [2.05, 4.69) is 6.07 Å². The predicted molar refractivity (Wildman–Crippen MR) is 104 cm³/mol. The highest BCUT2D eigenvalue weighted by molar-refractivity contribution is 5.95. The first kappa shape index (κ1) is 18.3. The van der Waals surface area contributed by atoms with E-state index in [9.17, 15) is 9.59 Å². The molecule has 4 rings (SSSR count). The molecule has 1 atom stereocenters. The second kappa shape index (κ2) is 7.89. The Kier molecular flexibility index (Phi) is 5.16. The lowest BCUT2D eigenvalue weighted by Gasteiger charge is -2.29. The average Bonchev–Trinajstić information content (AvgIpc) is 3.45. The molecule has 2 amide bonds. The van der Waals surface area contributed by atoms with Crippen molar-refractivity contribution in [1.82, 2.24) is 9.80 Å². The third-order valence-electron chi connectivity index (χ3n) is 5.52. The van der Waals surface area contributed by atoms with Gasteiger partial charge in [0.25, 0.3) is 11.8 Å². The number of hydrogen-bond acceptors (Lipinski definition) is 4. The largest absolute Gasteiger partial charge is 0.451 e. The molecule has 1 aromatic heterocycles. The van der Waals surface area contributed by atoms with Gasteiger partial charge in [0.05, 0.1) is 12.0 Å². The van der Waals surface area contributed by atoms with Gasteiger partial charge in [0, 0.05) is 37.3 Å². The Labute approximate surface area is 164 Å². The lowest BCUT2D eigenvalue weighted by atomic mass is 9.99. The number of nitriles is 1. The van der Waals surface area contributed by atoms with Crippen LogP contribution in [0.1, 0.15) is 46.6 Å². The van der Waals surface area contributed by atoms with Crippen molar-refractivity contribution >= 4 is 11.8 Å². The zero-order chi connectivity index (χ0) is 19.5. The van der Waals surface area contributed by atoms with Crippen molar-refractivity contribution in [3.8, 4) is 17.4 Å². The molecule has 0 bridgehead atoms. The predicted octanol–water partition coefficient (Wildman–Crippen LogP) is 3.56. The zero-order valence-electron chi connectivity index (χ0n) is 15.8. The number of benzene rings is 1. The van der Waals surface area contributed by atoms with E-state index in [1.54, 1.807) is 29.2 Å². The number of piperidine rings is 1. The van der Waals surface area contributed by atoms with E-state index in [1.165, 1.54) is 0 Å². The summed E-state index contributed by atoms with van der Waals surface area (Å²) in [6.07, 6.45) is 3.81. The molecule has 2 aliphatic rings. The van der Waals surface area contributed by atoms with Crippen LogP contribution in [-0.2, 0) is 0 Å². The number of amides is 2. The Bertz CT molecular complexity index is 904. The first-order valence-electron chi connectivity index (χ1n) is 9.84. The molecule has 0 aliphatic carbocycles. The number of hydrogen-bond donors (Lipinski definition) is 0. The number of likely N-dealkylation sites (tertiary alicyclic amines) is 2. The summed E-state index contributed by atoms with van der Waals surface area (Å²) in [5.41, 5.74) is 1.42. The molecule has 2 aliphatic heterocycles. The Morgan fingerprint density at radius 1 is 0.929 bits per heavy atom. The quantitative estimate of drug-likeness (QED) is 0.819. The summed E-state index contributed by atoms with van der Waals surface area (Å²) in [4.78, 5) is 28.7. The van der Waals surface area contributed by atoms with Gasteiger partial charge in [-0.1, -0.05) is 12.1 Å². The van der Waals surface area contributed by atoms with Gasteiger partial charge in [-0.3, -0.25) is 9.59 Å². The van der Waals surface area contributed by atoms with Crippen LogP contribution in [0.2, 0.25) is 0 Å². The van der Waals surface area contributed by atoms with E-state index >= 15 is 0 Å². The van der Waals surface area contributed by atoms with E-state index in [-0.39, 0.29) is 17.7 Å². The smallest absolute Gasteiger partial charge is 0.289 e. The molecule has 2 saturated heterocycles. The molecule has 1 aromatic carbocycles. The van der Waals surface area contributed by atoms with Crippen molar-refractivity contribution in [2.24, 2.45) is 5.92 Å². The SMILES string of the molecule is N#C[C@@H]1CCCN(C(=O)c2ccc(-c3ccc(C(=O)N4CCCC4)o3)cc2)C1. The van der Waals surface area contributed by atoms with Crippen LogP contribution >= 0.6 is 0 Å². The number of nitrogens with zero attached hydrogens (tertiary/aromatic N) is 3. The highest BCUT2D eigenvalue weighted by Gasteiger charge is 2.25. The standard InChI is InChI=1S/C22H23N3O3/c23-14-16-4-3-13-25(15-16)21(26)18-7-5-17(6-8-18)19-9-10-20(28-19)22(27)24-11-1-2-12-24/h5-10,16H,1-4,11-13,15H2/t16-/m0/s1. The lowest BCUT2D eigenvalue weighted by Crippen LogP contribution is -2.39. The molecule has 2 fully saturated rings. The van der Waals surface area contributed by atoms with Crippen LogP contribution < -0.4 is 0 Å². The van der Waals surface area contributed by atoms with Gasteiger partial charge in [0.1, 0.15) is 5.76 Å². The van der Waals surface area contributed by atoms with Gasteiger partial charge in [-0.15, -0.1) is 0 Å². The van der Waals surface area contributed by atoms with Gasteiger partial charge in [0.2, 0.25) is 0 Å². The Hall–Kier alpha value is -3.07. The highest BCUT2D eigenvalue weighted by atomic mass is 16.4. The maximum Gasteiger partial charge on any atom is 0.289 e. The lowest BCUT2D eigenvalue weighted by molar-refractivity contribution is 0.0698. The summed E-state index contributed by atoms with van der Waals surface area (Å²) in [7, 11) is 0. The Balaban J connectivity index is 1.45. The van der Waals surface area contributed by atoms with Gasteiger partial charge < -0.3 is 14.2 Å². The second-order valence-electron chi connectivity index (χ2n) is 7.46. The topological polar surface area (TPSA) is 77.5 Å². The number of carbonyl (C=O) groups is 2. The van der Waals surface area contributed by atoms with Gasteiger partial charge in [-0.25, -0.2) is 0 Å². The zero-order valence-corrected chi connectivity index (χ0v) is 15.8. The Morgan fingerprint density at radius 3 is 2.36 bits per heavy atom. The summed E-state index contributed by atoms with van der Waals surface area (Å²) < 4.78 is 5.77. The van der Waals surface area contributed by atoms with Gasteiger partial charge >= 0.3 is 0 Å². The first-order valence-corrected chi connectivity index (χ1v) is 9.84. The maximum absolute atomic E-state index is 12.7. The summed E-state index contributed by atoms with van der Waals surface area (Å²) >= 11 is 0. The normalized spacial score (nSPS) is 19.5. The molecular weight excluding hydrogens is 354 g/mol. The van der Waals surface area contributed by atoms with Crippen LogP contribution in [0.3, 0.4) is 0 Å². The monoisotopic (exact) mass is 377 g/mol. The van der Waals surface area contributed by atoms with Crippen molar-refractivity contribution in [3.63, 3.8) is 0 Å². The summed E-state index contributed by atoms with van der Waals surface area (Å²) in [5, 5.41) is 9.11. The molecule has 6 nitrogen and oxygen atoms in total. The fourth-order valence-electron chi connectivity index (χ4n) is 3.91. The highest BCUT2D eigenvalue weighted by Crippen LogP contribution is 2.25. The van der Waals surface area contributed by atoms with E-state index in [1.807, 2.05) is 17.0 Å². The van der Waals surface area contributed by atoms with Crippen LogP contribution in [0.4, 0.5) is 0 Å². The minimum Gasteiger partial charge on any atom is -0.451 e. The molecule has 0 N–H and O–H groups in total. The fourth-order valence-corrected chi connectivity index (χ4v) is 3.91. The van der Waals surface area contributed by atoms with Crippen LogP contribution in [0, 0.1) is 17.2 Å². The number of furan rings is 1. The second-order valence-corrected chi connectivity index (χ2v) is 7.46. The third-order valence-corrected chi connectivity index (χ3v) is 5.52. The molecule has 0 unspecified atom stereocenters. The molecule has 28 heavy (non-hydrogen) atoms. The van der Waals surface area contributed by atoms with E-state index in [0.29, 0.717) is 30.2 Å². The minimum atomic E-state index is -0.0772. The maximum atomic E-state index is 12.7. The van der Waals surface area contributed by atoms with Crippen molar-refractivity contribution in [1.29, 1.82) is 5.26 Å². The molecule has 0 radical (unpaired) electrons. The minimum absolute atomic E-state index is 0.0455. The van der Waals surface area contributed by atoms with Crippen molar-refractivity contribution in [2.45, 2.75) is 25.7 Å². The fraction of sp³-hybridized carbons (Fsp3) is 0.409. The molecule has 0 spiro atoms. The Morgan fingerprint density at radius 2 is 1.64 bits per heavy atom. The van der Waals surface area contributed by atoms with Crippen molar-refractivity contribution in [2.75, 3.05) is 26.2 Å². The molecule has 144 valence electrons. The summed E-state index contributed by atoms with van der Waals surface area (Å²) in [6, 6.07) is 13.0. The van der Waals surface area contributed by atoms with Crippen LogP contribution in [-0.4, -0.2) is 47.8 Å². The van der Waals surface area contributed by atoms with Crippen LogP contribution in [0.15, 0.2) is 40.8 Å². The number of carbonyl (C=O) groups excluding carboxylic acids is 2. The molecular formula is C22H23N3O3. The summed E-state index contributed by atoms with van der Waals surface area (Å²) in [6.45, 7) is 2.76. The average molecular weight is 377 g/mol. The van der Waals surface area contributed by atoms with Gasteiger partial charge in [-0.2, -0.15) is 5.26 Å². The summed E-state index contributed by atoms with van der Waals surface area (Å²) in [5.74, 6) is 0.784. The molecule has 3 heterocycles. The van der Waals surface area contributed by atoms with Crippen LogP contribution in [0.25, 0.3) is 11.3 Å². The molecule has 2 aromatic rings. The van der Waals surface area contributed by atoms with Crippen molar-refractivity contribution in [3.05, 3.63) is 47.7 Å². The van der Waals surface area contributed by atoms with E-state index < -0.39 is 0 Å². The van der Waals surface area contributed by atoms with E-state index in [0.717, 1.165) is 44.3 Å². The van der Waals surface area contributed by atoms with E-state index in [4.69, 9.17) is 9.68 Å². The van der Waals surface area contributed by atoms with Crippen LogP contribution in [0.5, 0.6) is 0 Å². The number of rotatable bonds is 3. The first-order chi connectivity index (χ1) is 13.7. The van der Waals surface area contributed by atoms with Gasteiger partial charge in [0.15, 0.2) is 5.76 Å². The van der Waals surface area contributed by atoms with Gasteiger partial charge in [-0.05, 0) is 49.9 Å². The third kappa shape index (κ3) is 3.65. The van der Waals surface area contributed by atoms with Crippen molar-refractivity contribution < 1.29 is 14.0 Å². The molecule has 6 heteroatoms.